The average molecular weight is 249 g/mol. The zero-order valence-electron chi connectivity index (χ0n) is 10.6. The monoisotopic (exact) mass is 249 g/mol. The summed E-state index contributed by atoms with van der Waals surface area (Å²) in [7, 11) is 1.40. The van der Waals surface area contributed by atoms with Crippen LogP contribution in [0.15, 0.2) is 24.3 Å². The largest absolute Gasteiger partial charge is 0.465 e. The van der Waals surface area contributed by atoms with E-state index in [0.717, 1.165) is 38.3 Å². The van der Waals surface area contributed by atoms with Crippen LogP contribution in [0.2, 0.25) is 0 Å². The lowest BCUT2D eigenvalue weighted by molar-refractivity contribution is 0.0601. The molecule has 1 aromatic carbocycles. The van der Waals surface area contributed by atoms with Crippen molar-refractivity contribution >= 4 is 11.7 Å². The van der Waals surface area contributed by atoms with E-state index < -0.39 is 0 Å². The topological polar surface area (TPSA) is 47.6 Å². The molecule has 0 bridgehead atoms. The number of carbonyl (C=O) groups is 1. The van der Waals surface area contributed by atoms with Gasteiger partial charge in [-0.3, -0.25) is 0 Å². The molecule has 98 valence electrons. The standard InChI is InChI=1S/C14H19NO3/c1-17-14(16)12-4-2-3-5-13(12)15-10-11-6-8-18-9-7-11/h2-5,11,15H,6-10H2,1H3. The second kappa shape index (κ2) is 6.40. The van der Waals surface area contributed by atoms with Crippen molar-refractivity contribution in [3.05, 3.63) is 29.8 Å². The zero-order chi connectivity index (χ0) is 12.8. The quantitative estimate of drug-likeness (QED) is 0.832. The van der Waals surface area contributed by atoms with Gasteiger partial charge in [0.2, 0.25) is 0 Å². The summed E-state index contributed by atoms with van der Waals surface area (Å²) in [6.45, 7) is 2.55. The third-order valence-electron chi connectivity index (χ3n) is 3.25. The van der Waals surface area contributed by atoms with Crippen molar-refractivity contribution in [2.75, 3.05) is 32.2 Å². The number of benzene rings is 1. The Kier molecular flexibility index (Phi) is 4.59. The van der Waals surface area contributed by atoms with Gasteiger partial charge in [0.15, 0.2) is 0 Å². The molecule has 18 heavy (non-hydrogen) atoms. The molecule has 1 fully saturated rings. The number of nitrogens with one attached hydrogen (secondary N) is 1. The molecule has 1 heterocycles. The van der Waals surface area contributed by atoms with Gasteiger partial charge >= 0.3 is 5.97 Å². The molecule has 0 amide bonds. The second-order valence-corrected chi connectivity index (χ2v) is 4.47. The fourth-order valence-corrected chi connectivity index (χ4v) is 2.13. The summed E-state index contributed by atoms with van der Waals surface area (Å²) in [5.41, 5.74) is 1.43. The molecule has 0 saturated carbocycles. The van der Waals surface area contributed by atoms with Gasteiger partial charge in [0, 0.05) is 25.4 Å². The number of carbonyl (C=O) groups excluding carboxylic acids is 1. The molecule has 1 N–H and O–H groups in total. The maximum atomic E-state index is 11.6. The first-order valence-corrected chi connectivity index (χ1v) is 6.30. The van der Waals surface area contributed by atoms with Gasteiger partial charge in [0.25, 0.3) is 0 Å². The van der Waals surface area contributed by atoms with Crippen molar-refractivity contribution < 1.29 is 14.3 Å². The van der Waals surface area contributed by atoms with E-state index in [0.29, 0.717) is 11.5 Å². The molecule has 0 atom stereocenters. The van der Waals surface area contributed by atoms with Gasteiger partial charge in [0.1, 0.15) is 0 Å². The zero-order valence-corrected chi connectivity index (χ0v) is 10.6. The molecular weight excluding hydrogens is 230 g/mol. The highest BCUT2D eigenvalue weighted by Crippen LogP contribution is 2.19. The van der Waals surface area contributed by atoms with E-state index >= 15 is 0 Å². The van der Waals surface area contributed by atoms with E-state index in [2.05, 4.69) is 5.32 Å². The molecule has 0 spiro atoms. The molecule has 1 saturated heterocycles. The first-order valence-electron chi connectivity index (χ1n) is 6.30. The van der Waals surface area contributed by atoms with E-state index in [1.165, 1.54) is 7.11 Å². The summed E-state index contributed by atoms with van der Waals surface area (Å²) in [4.78, 5) is 11.6. The maximum absolute atomic E-state index is 11.6. The predicted octanol–water partition coefficient (Wildman–Crippen LogP) is 2.31. The SMILES string of the molecule is COC(=O)c1ccccc1NCC1CCOCC1. The summed E-state index contributed by atoms with van der Waals surface area (Å²) in [6.07, 6.45) is 2.15. The van der Waals surface area contributed by atoms with Crippen molar-refractivity contribution in [3.8, 4) is 0 Å². The van der Waals surface area contributed by atoms with Crippen molar-refractivity contribution in [1.82, 2.24) is 0 Å². The second-order valence-electron chi connectivity index (χ2n) is 4.47. The van der Waals surface area contributed by atoms with Crippen molar-refractivity contribution in [2.45, 2.75) is 12.8 Å². The minimum Gasteiger partial charge on any atom is -0.465 e. The van der Waals surface area contributed by atoms with Gasteiger partial charge in [0.05, 0.1) is 12.7 Å². The number of hydrogen-bond donors (Lipinski definition) is 1. The van der Waals surface area contributed by atoms with E-state index in [9.17, 15) is 4.79 Å². The molecule has 0 aliphatic carbocycles. The molecule has 1 aliphatic rings. The van der Waals surface area contributed by atoms with Gasteiger partial charge in [-0.25, -0.2) is 4.79 Å². The summed E-state index contributed by atoms with van der Waals surface area (Å²) in [5, 5.41) is 3.34. The lowest BCUT2D eigenvalue weighted by Gasteiger charge is -2.23. The molecule has 0 unspecified atom stereocenters. The van der Waals surface area contributed by atoms with Crippen LogP contribution < -0.4 is 5.32 Å². The third kappa shape index (κ3) is 3.23. The number of para-hydroxylation sites is 1. The number of ether oxygens (including phenoxy) is 2. The molecule has 2 rings (SSSR count). The van der Waals surface area contributed by atoms with Gasteiger partial charge in [-0.05, 0) is 30.9 Å². The van der Waals surface area contributed by atoms with E-state index in [-0.39, 0.29) is 5.97 Å². The lowest BCUT2D eigenvalue weighted by atomic mass is 10.00. The Morgan fingerprint density at radius 2 is 2.11 bits per heavy atom. The minimum atomic E-state index is -0.301. The molecule has 4 heteroatoms. The summed E-state index contributed by atoms with van der Waals surface area (Å²) in [6, 6.07) is 7.44. The van der Waals surface area contributed by atoms with E-state index in [1.54, 1.807) is 6.07 Å². The maximum Gasteiger partial charge on any atom is 0.339 e. The fourth-order valence-electron chi connectivity index (χ4n) is 2.13. The average Bonchev–Trinajstić information content (AvgIpc) is 2.45. The minimum absolute atomic E-state index is 0.301. The molecule has 1 aliphatic heterocycles. The van der Waals surface area contributed by atoms with Crippen LogP contribution in [0.25, 0.3) is 0 Å². The van der Waals surface area contributed by atoms with Gasteiger partial charge in [-0.1, -0.05) is 12.1 Å². The van der Waals surface area contributed by atoms with Gasteiger partial charge < -0.3 is 14.8 Å². The number of hydrogen-bond acceptors (Lipinski definition) is 4. The van der Waals surface area contributed by atoms with Crippen molar-refractivity contribution in [1.29, 1.82) is 0 Å². The molecule has 4 nitrogen and oxygen atoms in total. The summed E-state index contributed by atoms with van der Waals surface area (Å²) in [5.74, 6) is 0.314. The molecule has 0 radical (unpaired) electrons. The Morgan fingerprint density at radius 3 is 2.83 bits per heavy atom. The van der Waals surface area contributed by atoms with Crippen LogP contribution in [0.3, 0.4) is 0 Å². The van der Waals surface area contributed by atoms with E-state index in [1.807, 2.05) is 18.2 Å². The smallest absolute Gasteiger partial charge is 0.339 e. The van der Waals surface area contributed by atoms with Crippen LogP contribution in [0.4, 0.5) is 5.69 Å². The van der Waals surface area contributed by atoms with Gasteiger partial charge in [-0.15, -0.1) is 0 Å². The Bertz CT molecular complexity index is 400. The number of esters is 1. The van der Waals surface area contributed by atoms with Crippen molar-refractivity contribution in [3.63, 3.8) is 0 Å². The Labute approximate surface area is 107 Å². The van der Waals surface area contributed by atoms with E-state index in [4.69, 9.17) is 9.47 Å². The first-order chi connectivity index (χ1) is 8.81. The Hall–Kier alpha value is -1.55. The number of anilines is 1. The lowest BCUT2D eigenvalue weighted by Crippen LogP contribution is -2.23. The highest BCUT2D eigenvalue weighted by atomic mass is 16.5. The first kappa shape index (κ1) is 12.9. The van der Waals surface area contributed by atoms with Crippen molar-refractivity contribution in [2.24, 2.45) is 5.92 Å². The Balaban J connectivity index is 1.97. The normalized spacial score (nSPS) is 16.3. The summed E-state index contributed by atoms with van der Waals surface area (Å²) >= 11 is 0. The Morgan fingerprint density at radius 1 is 1.39 bits per heavy atom. The predicted molar refractivity (Wildman–Crippen MR) is 69.8 cm³/mol. The highest BCUT2D eigenvalue weighted by molar-refractivity contribution is 5.95. The molecule has 1 aromatic rings. The van der Waals surface area contributed by atoms with Crippen LogP contribution in [0.5, 0.6) is 0 Å². The highest BCUT2D eigenvalue weighted by Gasteiger charge is 2.15. The third-order valence-corrected chi connectivity index (χ3v) is 3.25. The molecule has 0 aromatic heterocycles. The van der Waals surface area contributed by atoms with Gasteiger partial charge in [-0.2, -0.15) is 0 Å². The van der Waals surface area contributed by atoms with Crippen LogP contribution in [-0.2, 0) is 9.47 Å². The van der Waals surface area contributed by atoms with Crippen LogP contribution >= 0.6 is 0 Å². The van der Waals surface area contributed by atoms with Crippen LogP contribution in [-0.4, -0.2) is 32.8 Å². The van der Waals surface area contributed by atoms with Crippen LogP contribution in [0.1, 0.15) is 23.2 Å². The number of methoxy groups -OCH3 is 1. The molecular formula is C14H19NO3. The fraction of sp³-hybridized carbons (Fsp3) is 0.500. The number of rotatable bonds is 4. The summed E-state index contributed by atoms with van der Waals surface area (Å²) < 4.78 is 10.1. The van der Waals surface area contributed by atoms with Crippen LogP contribution in [0, 0.1) is 5.92 Å².